The molecule has 3 aromatic rings. The van der Waals surface area contributed by atoms with E-state index in [0.29, 0.717) is 22.8 Å². The number of carbonyl (C=O) groups excluding carboxylic acids is 1. The molecule has 0 aliphatic carbocycles. The van der Waals surface area contributed by atoms with Crippen LogP contribution in [0.25, 0.3) is 23.1 Å². The maximum atomic E-state index is 11.1. The van der Waals surface area contributed by atoms with E-state index in [1.54, 1.807) is 30.3 Å². The second-order valence-corrected chi connectivity index (χ2v) is 6.24. The van der Waals surface area contributed by atoms with Gasteiger partial charge in [-0.25, -0.2) is 4.98 Å². The molecule has 0 unspecified atom stereocenters. The number of amides is 1. The molecule has 1 aliphatic heterocycles. The number of hydrogen-bond acceptors (Lipinski definition) is 5. The lowest BCUT2D eigenvalue weighted by Gasteiger charge is -2.01. The van der Waals surface area contributed by atoms with Gasteiger partial charge in [-0.1, -0.05) is 18.2 Å². The van der Waals surface area contributed by atoms with Gasteiger partial charge < -0.3 is 14.8 Å². The van der Waals surface area contributed by atoms with E-state index in [1.165, 1.54) is 6.92 Å². The molecule has 4 rings (SSSR count). The Kier molecular flexibility index (Phi) is 4.08. The van der Waals surface area contributed by atoms with E-state index in [4.69, 9.17) is 4.42 Å². The first-order valence-corrected chi connectivity index (χ1v) is 8.46. The van der Waals surface area contributed by atoms with Crippen LogP contribution in [0, 0.1) is 0 Å². The van der Waals surface area contributed by atoms with Crippen molar-refractivity contribution in [1.29, 1.82) is 0 Å². The molecule has 2 N–H and O–H groups in total. The van der Waals surface area contributed by atoms with Crippen molar-refractivity contribution < 1.29 is 14.3 Å². The molecule has 6 nitrogen and oxygen atoms in total. The molecule has 0 radical (unpaired) electrons. The summed E-state index contributed by atoms with van der Waals surface area (Å²) in [5.41, 5.74) is 5.38. The van der Waals surface area contributed by atoms with E-state index in [-0.39, 0.29) is 11.9 Å². The molecular weight excluding hydrogens is 342 g/mol. The van der Waals surface area contributed by atoms with Crippen molar-refractivity contribution in [2.45, 2.75) is 13.8 Å². The number of para-hydroxylation sites is 1. The van der Waals surface area contributed by atoms with Gasteiger partial charge in [-0.2, -0.15) is 0 Å². The molecular formula is C21H17N3O3. The molecule has 6 heteroatoms. The normalized spacial score (nSPS) is 14.1. The molecule has 1 aliphatic rings. The van der Waals surface area contributed by atoms with Crippen molar-refractivity contribution in [3.63, 3.8) is 0 Å². The Morgan fingerprint density at radius 2 is 1.89 bits per heavy atom. The molecule has 27 heavy (non-hydrogen) atoms. The quantitative estimate of drug-likeness (QED) is 0.712. The van der Waals surface area contributed by atoms with Crippen LogP contribution in [0.3, 0.4) is 0 Å². The monoisotopic (exact) mass is 359 g/mol. The maximum absolute atomic E-state index is 11.1. The Bertz CT molecular complexity index is 1090. The summed E-state index contributed by atoms with van der Waals surface area (Å²) in [5, 5.41) is 12.9. The van der Waals surface area contributed by atoms with Crippen molar-refractivity contribution >= 4 is 34.6 Å². The number of oxazole rings is 1. The number of aromatic nitrogens is 1. The van der Waals surface area contributed by atoms with Crippen LogP contribution in [0.1, 0.15) is 25.1 Å². The maximum Gasteiger partial charge on any atom is 0.310 e. The first-order chi connectivity index (χ1) is 13.0. The first-order valence-electron chi connectivity index (χ1n) is 8.46. The average molecular weight is 359 g/mol. The van der Waals surface area contributed by atoms with Gasteiger partial charge in [0.15, 0.2) is 0 Å². The lowest BCUT2D eigenvalue weighted by atomic mass is 10.0. The van der Waals surface area contributed by atoms with E-state index >= 15 is 0 Å². The van der Waals surface area contributed by atoms with E-state index in [0.717, 1.165) is 22.5 Å². The average Bonchev–Trinajstić information content (AvgIpc) is 3.16. The summed E-state index contributed by atoms with van der Waals surface area (Å²) in [6.45, 7) is 3.37. The summed E-state index contributed by atoms with van der Waals surface area (Å²) in [4.78, 5) is 20.0. The summed E-state index contributed by atoms with van der Waals surface area (Å²) >= 11 is 0. The number of benzene rings is 2. The number of anilines is 1. The van der Waals surface area contributed by atoms with Crippen molar-refractivity contribution in [1.82, 2.24) is 4.98 Å². The van der Waals surface area contributed by atoms with Gasteiger partial charge in [0.05, 0.1) is 5.69 Å². The molecule has 1 amide bonds. The second kappa shape index (κ2) is 6.57. The standard InChI is InChI=1S/C21H17N3O3/c1-12-17(16-5-3-4-6-18(16)22-12)11-19-21(26)27-20(24-19)14-7-9-15(10-8-14)23-13(2)25/h3-11,26H,1-2H3,(H,23,25)/b17-11+. The lowest BCUT2D eigenvalue weighted by Crippen LogP contribution is -2.05. The number of rotatable bonds is 3. The third-order valence-electron chi connectivity index (χ3n) is 4.24. The minimum atomic E-state index is -0.249. The van der Waals surface area contributed by atoms with E-state index in [1.807, 2.05) is 31.2 Å². The smallest absolute Gasteiger partial charge is 0.310 e. The van der Waals surface area contributed by atoms with E-state index in [9.17, 15) is 9.90 Å². The summed E-state index contributed by atoms with van der Waals surface area (Å²) in [5.74, 6) is -0.0884. The zero-order valence-electron chi connectivity index (χ0n) is 14.9. The third kappa shape index (κ3) is 3.25. The van der Waals surface area contributed by atoms with Gasteiger partial charge in [0.25, 0.3) is 0 Å². The van der Waals surface area contributed by atoms with E-state index in [2.05, 4.69) is 15.3 Å². The molecule has 0 spiro atoms. The summed E-state index contributed by atoms with van der Waals surface area (Å²) in [7, 11) is 0. The zero-order chi connectivity index (χ0) is 19.0. The summed E-state index contributed by atoms with van der Waals surface area (Å²) in [6, 6.07) is 14.9. The zero-order valence-corrected chi connectivity index (χ0v) is 14.9. The number of nitrogens with one attached hydrogen (secondary N) is 1. The van der Waals surface area contributed by atoms with Gasteiger partial charge in [0.1, 0.15) is 5.69 Å². The highest BCUT2D eigenvalue weighted by atomic mass is 16.5. The number of hydrogen-bond donors (Lipinski definition) is 2. The number of aromatic hydroxyl groups is 1. The minimum Gasteiger partial charge on any atom is -0.479 e. The highest BCUT2D eigenvalue weighted by Crippen LogP contribution is 2.37. The number of aliphatic imine (C=N–C) groups is 1. The fraction of sp³-hybridized carbons (Fsp3) is 0.0952. The summed E-state index contributed by atoms with van der Waals surface area (Å²) < 4.78 is 5.43. The minimum absolute atomic E-state index is 0.140. The van der Waals surface area contributed by atoms with Crippen molar-refractivity contribution in [3.05, 3.63) is 59.8 Å². The number of fused-ring (bicyclic) bond motifs is 1. The molecule has 2 aromatic carbocycles. The molecule has 0 bridgehead atoms. The van der Waals surface area contributed by atoms with Gasteiger partial charge in [-0.05, 0) is 43.3 Å². The van der Waals surface area contributed by atoms with Gasteiger partial charge in [-0.15, -0.1) is 0 Å². The van der Waals surface area contributed by atoms with Crippen LogP contribution in [-0.4, -0.2) is 21.7 Å². The Balaban J connectivity index is 1.67. The second-order valence-electron chi connectivity index (χ2n) is 6.24. The Labute approximate surface area is 155 Å². The summed E-state index contributed by atoms with van der Waals surface area (Å²) in [6.07, 6.45) is 1.78. The van der Waals surface area contributed by atoms with Gasteiger partial charge >= 0.3 is 5.95 Å². The Morgan fingerprint density at radius 3 is 2.63 bits per heavy atom. The van der Waals surface area contributed by atoms with Gasteiger partial charge in [-0.3, -0.25) is 9.79 Å². The predicted molar refractivity (Wildman–Crippen MR) is 105 cm³/mol. The molecule has 2 heterocycles. The topological polar surface area (TPSA) is 87.7 Å². The molecule has 1 aromatic heterocycles. The predicted octanol–water partition coefficient (Wildman–Crippen LogP) is 4.65. The van der Waals surface area contributed by atoms with Crippen LogP contribution in [-0.2, 0) is 4.79 Å². The van der Waals surface area contributed by atoms with Crippen molar-refractivity contribution in [3.8, 4) is 17.4 Å². The van der Waals surface area contributed by atoms with Crippen molar-refractivity contribution in [2.75, 3.05) is 5.32 Å². The van der Waals surface area contributed by atoms with Crippen LogP contribution in [0.2, 0.25) is 0 Å². The number of carbonyl (C=O) groups is 1. The van der Waals surface area contributed by atoms with Crippen molar-refractivity contribution in [2.24, 2.45) is 4.99 Å². The molecule has 0 fully saturated rings. The molecule has 0 atom stereocenters. The Hall–Kier alpha value is -3.67. The number of allylic oxidation sites excluding steroid dienone is 1. The third-order valence-corrected chi connectivity index (χ3v) is 4.24. The van der Waals surface area contributed by atoms with Crippen LogP contribution in [0.4, 0.5) is 11.4 Å². The van der Waals surface area contributed by atoms with Crippen LogP contribution >= 0.6 is 0 Å². The van der Waals surface area contributed by atoms with Gasteiger partial charge in [0, 0.05) is 35.0 Å². The van der Waals surface area contributed by atoms with Gasteiger partial charge in [0.2, 0.25) is 11.8 Å². The molecule has 0 saturated carbocycles. The fourth-order valence-corrected chi connectivity index (χ4v) is 2.99. The largest absolute Gasteiger partial charge is 0.479 e. The molecule has 134 valence electrons. The highest BCUT2D eigenvalue weighted by Gasteiger charge is 2.20. The van der Waals surface area contributed by atoms with Crippen LogP contribution in [0.5, 0.6) is 5.95 Å². The van der Waals surface area contributed by atoms with Crippen LogP contribution < -0.4 is 5.32 Å². The number of nitrogens with zero attached hydrogens (tertiary/aromatic N) is 2. The van der Waals surface area contributed by atoms with Crippen LogP contribution in [0.15, 0.2) is 57.9 Å². The van der Waals surface area contributed by atoms with E-state index < -0.39 is 0 Å². The first kappa shape index (κ1) is 16.8. The molecule has 0 saturated heterocycles. The Morgan fingerprint density at radius 1 is 1.15 bits per heavy atom. The SMILES string of the molecule is CC(=O)Nc1ccc(-c2nc(/C=C3\C(C)=Nc4ccccc43)c(O)o2)cc1. The lowest BCUT2D eigenvalue weighted by molar-refractivity contribution is -0.114. The fourth-order valence-electron chi connectivity index (χ4n) is 2.99. The highest BCUT2D eigenvalue weighted by molar-refractivity contribution is 6.31.